The summed E-state index contributed by atoms with van der Waals surface area (Å²) >= 11 is 5.73. The third-order valence-electron chi connectivity index (χ3n) is 3.66. The average molecular weight is 326 g/mol. The summed E-state index contributed by atoms with van der Waals surface area (Å²) in [5.41, 5.74) is 16.6. The molecule has 1 aromatic heterocycles. The summed E-state index contributed by atoms with van der Waals surface area (Å²) in [6.07, 6.45) is 6.05. The van der Waals surface area contributed by atoms with E-state index < -0.39 is 5.91 Å². The molecular formula is C13H20ClN7O. The molecule has 0 aromatic carbocycles. The first-order valence-electron chi connectivity index (χ1n) is 7.17. The van der Waals surface area contributed by atoms with Crippen LogP contribution in [0.4, 0.5) is 11.6 Å². The monoisotopic (exact) mass is 325 g/mol. The summed E-state index contributed by atoms with van der Waals surface area (Å²) in [6.45, 7) is 0.584. The van der Waals surface area contributed by atoms with Gasteiger partial charge in [0.1, 0.15) is 0 Å². The number of carbonyl (C=O) groups excluding carboxylic acids is 1. The molecule has 0 saturated heterocycles. The third-order valence-corrected chi connectivity index (χ3v) is 3.93. The van der Waals surface area contributed by atoms with E-state index in [4.69, 9.17) is 28.8 Å². The quantitative estimate of drug-likeness (QED) is 0.478. The van der Waals surface area contributed by atoms with Crippen molar-refractivity contribution in [1.82, 2.24) is 15.3 Å². The molecule has 0 unspecified atom stereocenters. The molecule has 0 atom stereocenters. The van der Waals surface area contributed by atoms with Crippen molar-refractivity contribution in [3.05, 3.63) is 10.8 Å². The van der Waals surface area contributed by atoms with Gasteiger partial charge in [0.05, 0.1) is 0 Å². The van der Waals surface area contributed by atoms with Crippen LogP contribution in [0.5, 0.6) is 0 Å². The number of nitrogens with two attached hydrogens (primary N) is 3. The van der Waals surface area contributed by atoms with Crippen LogP contribution >= 0.6 is 11.6 Å². The van der Waals surface area contributed by atoms with Gasteiger partial charge in [-0.05, 0) is 12.3 Å². The lowest BCUT2D eigenvalue weighted by Crippen LogP contribution is -2.38. The second kappa shape index (κ2) is 7.26. The maximum absolute atomic E-state index is 12.0. The summed E-state index contributed by atoms with van der Waals surface area (Å²) in [6, 6.07) is 0. The summed E-state index contributed by atoms with van der Waals surface area (Å²) in [5.74, 6) is -0.0251. The Labute approximate surface area is 133 Å². The maximum Gasteiger partial charge on any atom is 0.280 e. The molecule has 1 fully saturated rings. The van der Waals surface area contributed by atoms with Crippen LogP contribution < -0.4 is 22.5 Å². The third kappa shape index (κ3) is 4.20. The predicted molar refractivity (Wildman–Crippen MR) is 86.4 cm³/mol. The van der Waals surface area contributed by atoms with Gasteiger partial charge in [0.2, 0.25) is 0 Å². The van der Waals surface area contributed by atoms with Crippen LogP contribution in [0.25, 0.3) is 0 Å². The highest BCUT2D eigenvalue weighted by Crippen LogP contribution is 2.27. The molecule has 0 bridgehead atoms. The molecular weight excluding hydrogens is 306 g/mol. The zero-order chi connectivity index (χ0) is 16.1. The molecule has 8 nitrogen and oxygen atoms in total. The zero-order valence-electron chi connectivity index (χ0n) is 12.2. The number of rotatable bonds is 4. The van der Waals surface area contributed by atoms with Gasteiger partial charge in [-0.1, -0.05) is 37.3 Å². The van der Waals surface area contributed by atoms with Crippen molar-refractivity contribution in [2.75, 3.05) is 18.0 Å². The Bertz CT molecular complexity index is 584. The Balaban J connectivity index is 1.91. The molecule has 120 valence electrons. The molecule has 1 aromatic rings. The van der Waals surface area contributed by atoms with E-state index in [0.29, 0.717) is 12.5 Å². The van der Waals surface area contributed by atoms with Crippen LogP contribution in [-0.2, 0) is 0 Å². The fourth-order valence-electron chi connectivity index (χ4n) is 2.49. The topological polar surface area (TPSA) is 145 Å². The normalized spacial score (nSPS) is 16.0. The van der Waals surface area contributed by atoms with Crippen LogP contribution in [0.2, 0.25) is 5.15 Å². The number of amides is 1. The minimum Gasteiger partial charge on any atom is -0.382 e. The Morgan fingerprint density at radius 1 is 1.27 bits per heavy atom. The number of halogens is 1. The van der Waals surface area contributed by atoms with Crippen LogP contribution in [0.15, 0.2) is 4.99 Å². The van der Waals surface area contributed by atoms with Gasteiger partial charge in [0.15, 0.2) is 28.4 Å². The van der Waals surface area contributed by atoms with E-state index in [2.05, 4.69) is 20.3 Å². The Kier molecular flexibility index (Phi) is 5.37. The number of hydrogen-bond acceptors (Lipinski definition) is 6. The second-order valence-electron chi connectivity index (χ2n) is 5.29. The summed E-state index contributed by atoms with van der Waals surface area (Å²) < 4.78 is 0. The Hall–Kier alpha value is -2.09. The van der Waals surface area contributed by atoms with Crippen molar-refractivity contribution < 1.29 is 4.79 Å². The summed E-state index contributed by atoms with van der Waals surface area (Å²) in [4.78, 5) is 23.7. The predicted octanol–water partition coefficient (Wildman–Crippen LogP) is 0.919. The van der Waals surface area contributed by atoms with E-state index in [1.165, 1.54) is 25.7 Å². The smallest absolute Gasteiger partial charge is 0.280 e. The van der Waals surface area contributed by atoms with E-state index in [1.807, 2.05) is 0 Å². The van der Waals surface area contributed by atoms with Crippen LogP contribution in [0.3, 0.4) is 0 Å². The molecule has 0 aliphatic heterocycles. The lowest BCUT2D eigenvalue weighted by atomic mass is 10.0. The highest BCUT2D eigenvalue weighted by atomic mass is 35.5. The van der Waals surface area contributed by atoms with Crippen molar-refractivity contribution in [2.24, 2.45) is 16.6 Å². The maximum atomic E-state index is 12.0. The van der Waals surface area contributed by atoms with Crippen LogP contribution in [0, 0.1) is 5.92 Å². The standard InChI is InChI=1S/C13H20ClN7O/c14-9-11(16)20-10(15)8(19-9)12(22)21-13(17)18-6-5-7-3-1-2-4-7/h7H,1-6H2,(H4,15,16,20)(H3,17,18,21,22). The van der Waals surface area contributed by atoms with Crippen molar-refractivity contribution >= 4 is 35.1 Å². The second-order valence-corrected chi connectivity index (χ2v) is 5.65. The first-order chi connectivity index (χ1) is 10.5. The summed E-state index contributed by atoms with van der Waals surface area (Å²) in [5, 5.41) is 2.33. The number of nitrogen functional groups attached to an aromatic ring is 2. The van der Waals surface area contributed by atoms with Crippen molar-refractivity contribution in [1.29, 1.82) is 0 Å². The number of nitrogens with zero attached hydrogens (tertiary/aromatic N) is 3. The first-order valence-corrected chi connectivity index (χ1v) is 7.55. The highest BCUT2D eigenvalue weighted by Gasteiger charge is 2.17. The van der Waals surface area contributed by atoms with Crippen molar-refractivity contribution in [3.63, 3.8) is 0 Å². The first kappa shape index (κ1) is 16.3. The van der Waals surface area contributed by atoms with Gasteiger partial charge in [-0.25, -0.2) is 9.97 Å². The van der Waals surface area contributed by atoms with E-state index in [0.717, 1.165) is 6.42 Å². The molecule has 0 radical (unpaired) electrons. The van der Waals surface area contributed by atoms with E-state index in [1.54, 1.807) is 0 Å². The SMILES string of the molecule is NC(=NCCC1CCCC1)NC(=O)c1nc(Cl)c(N)nc1N. The van der Waals surface area contributed by atoms with Crippen molar-refractivity contribution in [3.8, 4) is 0 Å². The number of guanidine groups is 1. The molecule has 0 spiro atoms. The van der Waals surface area contributed by atoms with Gasteiger partial charge in [-0.15, -0.1) is 0 Å². The Morgan fingerprint density at radius 2 is 1.95 bits per heavy atom. The average Bonchev–Trinajstić information content (AvgIpc) is 2.96. The molecule has 1 saturated carbocycles. The molecule has 1 aliphatic rings. The van der Waals surface area contributed by atoms with Gasteiger partial charge in [0, 0.05) is 6.54 Å². The van der Waals surface area contributed by atoms with Gasteiger partial charge in [-0.3, -0.25) is 15.1 Å². The molecule has 9 heteroatoms. The van der Waals surface area contributed by atoms with E-state index in [9.17, 15) is 4.79 Å². The van der Waals surface area contributed by atoms with Crippen molar-refractivity contribution in [2.45, 2.75) is 32.1 Å². The fourth-order valence-corrected chi connectivity index (χ4v) is 2.62. The largest absolute Gasteiger partial charge is 0.382 e. The molecule has 7 N–H and O–H groups in total. The lowest BCUT2D eigenvalue weighted by molar-refractivity contribution is 0.0972. The van der Waals surface area contributed by atoms with Gasteiger partial charge in [0.25, 0.3) is 5.91 Å². The fraction of sp³-hybridized carbons (Fsp3) is 0.538. The minimum absolute atomic E-state index is 0.0251. The van der Waals surface area contributed by atoms with Crippen LogP contribution in [-0.4, -0.2) is 28.4 Å². The number of hydrogen-bond donors (Lipinski definition) is 4. The number of anilines is 2. The van der Waals surface area contributed by atoms with Gasteiger partial charge in [-0.2, -0.15) is 0 Å². The number of carbonyl (C=O) groups is 1. The number of aliphatic imine (C=N–C) groups is 1. The van der Waals surface area contributed by atoms with E-state index >= 15 is 0 Å². The zero-order valence-corrected chi connectivity index (χ0v) is 12.9. The summed E-state index contributed by atoms with van der Waals surface area (Å²) in [7, 11) is 0. The van der Waals surface area contributed by atoms with E-state index in [-0.39, 0.29) is 28.4 Å². The van der Waals surface area contributed by atoms with Gasteiger partial charge < -0.3 is 17.2 Å². The van der Waals surface area contributed by atoms with Gasteiger partial charge >= 0.3 is 0 Å². The molecule has 1 heterocycles. The molecule has 2 rings (SSSR count). The van der Waals surface area contributed by atoms with Crippen LogP contribution in [0.1, 0.15) is 42.6 Å². The Morgan fingerprint density at radius 3 is 2.64 bits per heavy atom. The molecule has 1 aliphatic carbocycles. The molecule has 1 amide bonds. The lowest BCUT2D eigenvalue weighted by Gasteiger charge is -2.08. The minimum atomic E-state index is -0.617. The molecule has 22 heavy (non-hydrogen) atoms. The highest BCUT2D eigenvalue weighted by molar-refractivity contribution is 6.31. The number of aromatic nitrogens is 2. The number of nitrogens with one attached hydrogen (secondary N) is 1.